The van der Waals surface area contributed by atoms with Gasteiger partial charge in [0.1, 0.15) is 29.6 Å². The van der Waals surface area contributed by atoms with Crippen molar-refractivity contribution in [3.8, 4) is 17.2 Å². The number of carbonyl (C=O) groups is 3. The van der Waals surface area contributed by atoms with E-state index in [-0.39, 0.29) is 17.4 Å². The van der Waals surface area contributed by atoms with Gasteiger partial charge in [-0.1, -0.05) is 78.9 Å². The molecule has 0 atom stereocenters. The van der Waals surface area contributed by atoms with E-state index in [1.165, 1.54) is 11.8 Å². The SMILES string of the molecule is O=C(CSc1ccc(NC(=O)/C(=C/c2ccc(OCc3ccccc3)cc2)NC(=O)c2ccccc2)cc1)Nc1ccc(Oc2ccccc2)cc1. The van der Waals surface area contributed by atoms with Gasteiger partial charge < -0.3 is 25.4 Å². The highest BCUT2D eigenvalue weighted by molar-refractivity contribution is 8.00. The van der Waals surface area contributed by atoms with Gasteiger partial charge in [0, 0.05) is 21.8 Å². The highest BCUT2D eigenvalue weighted by atomic mass is 32.2. The van der Waals surface area contributed by atoms with Gasteiger partial charge in [0.2, 0.25) is 5.91 Å². The summed E-state index contributed by atoms with van der Waals surface area (Å²) >= 11 is 1.37. The molecule has 258 valence electrons. The number of para-hydroxylation sites is 1. The van der Waals surface area contributed by atoms with E-state index < -0.39 is 11.8 Å². The van der Waals surface area contributed by atoms with Crippen LogP contribution in [0.3, 0.4) is 0 Å². The molecule has 0 bridgehead atoms. The zero-order valence-corrected chi connectivity index (χ0v) is 28.8. The minimum absolute atomic E-state index is 0.0709. The number of nitrogens with one attached hydrogen (secondary N) is 3. The minimum atomic E-state index is -0.492. The highest BCUT2D eigenvalue weighted by Crippen LogP contribution is 2.24. The van der Waals surface area contributed by atoms with Gasteiger partial charge in [0.25, 0.3) is 11.8 Å². The predicted molar refractivity (Wildman–Crippen MR) is 206 cm³/mol. The molecule has 0 saturated carbocycles. The van der Waals surface area contributed by atoms with E-state index in [9.17, 15) is 14.4 Å². The molecule has 6 rings (SSSR count). The molecule has 0 radical (unpaired) electrons. The van der Waals surface area contributed by atoms with Crippen molar-refractivity contribution in [1.82, 2.24) is 5.32 Å². The third-order valence-corrected chi connectivity index (χ3v) is 8.58. The first kappa shape index (κ1) is 35.3. The average Bonchev–Trinajstić information content (AvgIpc) is 3.19. The smallest absolute Gasteiger partial charge is 0.272 e. The molecule has 0 aliphatic rings. The lowest BCUT2D eigenvalue weighted by molar-refractivity contribution is -0.114. The molecule has 3 amide bonds. The highest BCUT2D eigenvalue weighted by Gasteiger charge is 2.15. The number of thioether (sulfide) groups is 1. The maximum Gasteiger partial charge on any atom is 0.272 e. The summed E-state index contributed by atoms with van der Waals surface area (Å²) in [5.41, 5.74) is 3.44. The van der Waals surface area contributed by atoms with Gasteiger partial charge in [0.05, 0.1) is 5.75 Å². The van der Waals surface area contributed by atoms with Crippen LogP contribution in [0.5, 0.6) is 17.2 Å². The van der Waals surface area contributed by atoms with Crippen LogP contribution in [0, 0.1) is 0 Å². The molecule has 0 heterocycles. The first-order valence-electron chi connectivity index (χ1n) is 16.5. The molecule has 6 aromatic rings. The van der Waals surface area contributed by atoms with Gasteiger partial charge in [-0.05, 0) is 102 Å². The van der Waals surface area contributed by atoms with Gasteiger partial charge in [0.15, 0.2) is 0 Å². The second-order valence-electron chi connectivity index (χ2n) is 11.5. The Hall–Kier alpha value is -6.58. The Labute approximate surface area is 306 Å². The number of ether oxygens (including phenoxy) is 2. The number of hydrogen-bond acceptors (Lipinski definition) is 6. The Balaban J connectivity index is 1.04. The number of rotatable bonds is 14. The Kier molecular flexibility index (Phi) is 12.1. The van der Waals surface area contributed by atoms with E-state index in [1.54, 1.807) is 66.7 Å². The molecule has 52 heavy (non-hydrogen) atoms. The zero-order valence-electron chi connectivity index (χ0n) is 28.0. The normalized spacial score (nSPS) is 10.9. The van der Waals surface area contributed by atoms with Crippen molar-refractivity contribution in [2.24, 2.45) is 0 Å². The maximum absolute atomic E-state index is 13.5. The molecule has 0 spiro atoms. The molecule has 0 saturated heterocycles. The fourth-order valence-corrected chi connectivity index (χ4v) is 5.62. The molecule has 0 aliphatic heterocycles. The number of hydrogen-bond donors (Lipinski definition) is 3. The Morgan fingerprint density at radius 3 is 1.81 bits per heavy atom. The van der Waals surface area contributed by atoms with Crippen molar-refractivity contribution in [1.29, 1.82) is 0 Å². The summed E-state index contributed by atoms with van der Waals surface area (Å²) in [4.78, 5) is 40.0. The third kappa shape index (κ3) is 10.7. The Morgan fingerprint density at radius 1 is 0.577 bits per heavy atom. The molecule has 0 aromatic heterocycles. The van der Waals surface area contributed by atoms with Crippen LogP contribution in [0.2, 0.25) is 0 Å². The molecule has 9 heteroatoms. The van der Waals surface area contributed by atoms with E-state index in [1.807, 2.05) is 103 Å². The van der Waals surface area contributed by atoms with Gasteiger partial charge in [-0.3, -0.25) is 14.4 Å². The van der Waals surface area contributed by atoms with Crippen molar-refractivity contribution in [3.63, 3.8) is 0 Å². The van der Waals surface area contributed by atoms with Gasteiger partial charge in [-0.15, -0.1) is 11.8 Å². The van der Waals surface area contributed by atoms with Crippen LogP contribution in [-0.4, -0.2) is 23.5 Å². The van der Waals surface area contributed by atoms with Crippen molar-refractivity contribution >= 4 is 46.9 Å². The van der Waals surface area contributed by atoms with E-state index in [2.05, 4.69) is 16.0 Å². The molecule has 6 aromatic carbocycles. The van der Waals surface area contributed by atoms with E-state index >= 15 is 0 Å². The molecule has 8 nitrogen and oxygen atoms in total. The molecule has 0 unspecified atom stereocenters. The van der Waals surface area contributed by atoms with Crippen LogP contribution in [0.1, 0.15) is 21.5 Å². The topological polar surface area (TPSA) is 106 Å². The van der Waals surface area contributed by atoms with E-state index in [0.29, 0.717) is 40.6 Å². The van der Waals surface area contributed by atoms with E-state index in [0.717, 1.165) is 16.2 Å². The fraction of sp³-hybridized carbons (Fsp3) is 0.0465. The molecule has 0 aliphatic carbocycles. The predicted octanol–water partition coefficient (Wildman–Crippen LogP) is 9.20. The van der Waals surface area contributed by atoms with Gasteiger partial charge in [-0.2, -0.15) is 0 Å². The minimum Gasteiger partial charge on any atom is -0.489 e. The number of amides is 3. The first-order valence-corrected chi connectivity index (χ1v) is 17.5. The molecule has 0 fully saturated rings. The molecular formula is C43H35N3O5S. The van der Waals surface area contributed by atoms with Crippen molar-refractivity contribution in [2.45, 2.75) is 11.5 Å². The second kappa shape index (κ2) is 17.9. The van der Waals surface area contributed by atoms with Crippen molar-refractivity contribution in [3.05, 3.63) is 186 Å². The largest absolute Gasteiger partial charge is 0.489 e. The number of carbonyl (C=O) groups excluding carboxylic acids is 3. The van der Waals surface area contributed by atoms with Crippen LogP contribution < -0.4 is 25.4 Å². The summed E-state index contributed by atoms with van der Waals surface area (Å²) in [6.07, 6.45) is 1.61. The molecular weight excluding hydrogens is 671 g/mol. The summed E-state index contributed by atoms with van der Waals surface area (Å²) < 4.78 is 11.7. The zero-order chi connectivity index (χ0) is 36.0. The number of anilines is 2. The van der Waals surface area contributed by atoms with E-state index in [4.69, 9.17) is 9.47 Å². The lowest BCUT2D eigenvalue weighted by Gasteiger charge is -2.12. The number of benzene rings is 6. The standard InChI is InChI=1S/C43H35N3O5S/c47-41(44-34-18-24-38(25-19-34)51-37-14-8-3-9-15-37)30-52-39-26-20-35(21-27-39)45-43(49)40(46-42(48)33-12-6-2-7-13-33)28-31-16-22-36(23-17-31)50-29-32-10-4-1-5-11-32/h1-28H,29-30H2,(H,44,47)(H,45,49)(H,46,48)/b40-28-. The quantitative estimate of drug-likeness (QED) is 0.0771. The van der Waals surface area contributed by atoms with Crippen LogP contribution in [-0.2, 0) is 16.2 Å². The fourth-order valence-electron chi connectivity index (χ4n) is 4.92. The second-order valence-corrected chi connectivity index (χ2v) is 12.5. The van der Waals surface area contributed by atoms with Crippen LogP contribution >= 0.6 is 11.8 Å². The summed E-state index contributed by atoms with van der Waals surface area (Å²) in [6.45, 7) is 0.432. The van der Waals surface area contributed by atoms with Gasteiger partial charge in [-0.25, -0.2) is 0 Å². The van der Waals surface area contributed by atoms with Crippen LogP contribution in [0.15, 0.2) is 174 Å². The van der Waals surface area contributed by atoms with Gasteiger partial charge >= 0.3 is 0 Å². The lowest BCUT2D eigenvalue weighted by atomic mass is 10.1. The first-order chi connectivity index (χ1) is 25.5. The third-order valence-electron chi connectivity index (χ3n) is 7.57. The average molecular weight is 706 g/mol. The Bertz CT molecular complexity index is 2110. The van der Waals surface area contributed by atoms with Crippen LogP contribution in [0.4, 0.5) is 11.4 Å². The maximum atomic E-state index is 13.5. The Morgan fingerprint density at radius 2 is 1.13 bits per heavy atom. The lowest BCUT2D eigenvalue weighted by Crippen LogP contribution is -2.30. The summed E-state index contributed by atoms with van der Waals surface area (Å²) in [6, 6.07) is 49.6. The summed E-state index contributed by atoms with van der Waals surface area (Å²) in [5.74, 6) is 1.23. The van der Waals surface area contributed by atoms with Crippen LogP contribution in [0.25, 0.3) is 6.08 Å². The monoisotopic (exact) mass is 705 g/mol. The summed E-state index contributed by atoms with van der Waals surface area (Å²) in [5, 5.41) is 8.53. The van der Waals surface area contributed by atoms with Crippen molar-refractivity contribution in [2.75, 3.05) is 16.4 Å². The molecule has 3 N–H and O–H groups in total. The summed E-state index contributed by atoms with van der Waals surface area (Å²) in [7, 11) is 0. The van der Waals surface area contributed by atoms with Crippen molar-refractivity contribution < 1.29 is 23.9 Å².